The summed E-state index contributed by atoms with van der Waals surface area (Å²) in [7, 11) is 0. The van der Waals surface area contributed by atoms with Crippen LogP contribution in [-0.4, -0.2) is 29.6 Å². The van der Waals surface area contributed by atoms with E-state index in [0.29, 0.717) is 11.9 Å². The quantitative estimate of drug-likeness (QED) is 0.875. The molecule has 1 saturated heterocycles. The molecule has 1 aliphatic rings. The largest absolute Gasteiger partial charge is 0.368 e. The van der Waals surface area contributed by atoms with E-state index in [4.69, 9.17) is 11.5 Å². The SMILES string of the molecule is CC(C)c1cc(N2CCCC2)nc(N)n1.CCCN. The molecule has 0 atom stereocenters. The summed E-state index contributed by atoms with van der Waals surface area (Å²) in [6.07, 6.45) is 3.60. The summed E-state index contributed by atoms with van der Waals surface area (Å²) in [5, 5.41) is 0. The van der Waals surface area contributed by atoms with Gasteiger partial charge in [0.1, 0.15) is 5.82 Å². The van der Waals surface area contributed by atoms with Crippen molar-refractivity contribution in [3.8, 4) is 0 Å². The van der Waals surface area contributed by atoms with E-state index >= 15 is 0 Å². The van der Waals surface area contributed by atoms with Gasteiger partial charge >= 0.3 is 0 Å². The summed E-state index contributed by atoms with van der Waals surface area (Å²) < 4.78 is 0. The molecule has 5 nitrogen and oxygen atoms in total. The van der Waals surface area contributed by atoms with Crippen molar-refractivity contribution >= 4 is 11.8 Å². The number of hydrogen-bond donors (Lipinski definition) is 2. The van der Waals surface area contributed by atoms with E-state index in [9.17, 15) is 0 Å². The second-order valence-corrected chi connectivity index (χ2v) is 5.15. The van der Waals surface area contributed by atoms with Crippen molar-refractivity contribution in [1.82, 2.24) is 9.97 Å². The van der Waals surface area contributed by atoms with E-state index in [0.717, 1.165) is 37.6 Å². The Kier molecular flexibility index (Phi) is 6.56. The third-order valence-corrected chi connectivity index (χ3v) is 3.06. The lowest BCUT2D eigenvalue weighted by atomic mass is 10.1. The summed E-state index contributed by atoms with van der Waals surface area (Å²) in [6, 6.07) is 2.06. The average molecular weight is 265 g/mol. The molecule has 4 N–H and O–H groups in total. The minimum atomic E-state index is 0.392. The molecule has 5 heteroatoms. The van der Waals surface area contributed by atoms with Crippen molar-refractivity contribution in [2.75, 3.05) is 30.3 Å². The summed E-state index contributed by atoms with van der Waals surface area (Å²) in [6.45, 7) is 9.30. The molecule has 19 heavy (non-hydrogen) atoms. The second-order valence-electron chi connectivity index (χ2n) is 5.15. The summed E-state index contributed by atoms with van der Waals surface area (Å²) in [5.74, 6) is 1.78. The van der Waals surface area contributed by atoms with Crippen LogP contribution in [0.25, 0.3) is 0 Å². The van der Waals surface area contributed by atoms with Crippen LogP contribution in [0.2, 0.25) is 0 Å². The minimum absolute atomic E-state index is 0.392. The predicted octanol–water partition coefficient (Wildman–Crippen LogP) is 2.14. The molecule has 1 aromatic heterocycles. The van der Waals surface area contributed by atoms with Crippen LogP contribution in [0.1, 0.15) is 51.6 Å². The molecule has 2 rings (SSSR count). The van der Waals surface area contributed by atoms with Crippen molar-refractivity contribution in [1.29, 1.82) is 0 Å². The molecular weight excluding hydrogens is 238 g/mol. The van der Waals surface area contributed by atoms with Gasteiger partial charge in [0, 0.05) is 19.2 Å². The molecule has 0 saturated carbocycles. The van der Waals surface area contributed by atoms with Crippen molar-refractivity contribution < 1.29 is 0 Å². The van der Waals surface area contributed by atoms with E-state index in [1.54, 1.807) is 0 Å². The van der Waals surface area contributed by atoms with Crippen LogP contribution in [0.4, 0.5) is 11.8 Å². The lowest BCUT2D eigenvalue weighted by Crippen LogP contribution is -2.20. The Morgan fingerprint density at radius 2 is 1.84 bits per heavy atom. The number of nitrogen functional groups attached to an aromatic ring is 1. The Morgan fingerprint density at radius 3 is 2.32 bits per heavy atom. The highest BCUT2D eigenvalue weighted by Crippen LogP contribution is 2.22. The summed E-state index contributed by atoms with van der Waals surface area (Å²) in [4.78, 5) is 10.8. The zero-order valence-corrected chi connectivity index (χ0v) is 12.4. The maximum Gasteiger partial charge on any atom is 0.222 e. The van der Waals surface area contributed by atoms with Crippen molar-refractivity contribution in [2.45, 2.75) is 46.0 Å². The highest BCUT2D eigenvalue weighted by Gasteiger charge is 2.15. The second kappa shape index (κ2) is 7.94. The third-order valence-electron chi connectivity index (χ3n) is 3.06. The van der Waals surface area contributed by atoms with Crippen LogP contribution in [0.5, 0.6) is 0 Å². The van der Waals surface area contributed by atoms with Gasteiger partial charge < -0.3 is 16.4 Å². The van der Waals surface area contributed by atoms with Crippen molar-refractivity contribution in [3.63, 3.8) is 0 Å². The fraction of sp³-hybridized carbons (Fsp3) is 0.714. The van der Waals surface area contributed by atoms with Gasteiger partial charge in [0.25, 0.3) is 0 Å². The molecule has 0 bridgehead atoms. The molecule has 1 aromatic rings. The normalized spacial score (nSPS) is 14.5. The maximum atomic E-state index is 5.72. The monoisotopic (exact) mass is 265 g/mol. The highest BCUT2D eigenvalue weighted by atomic mass is 15.2. The Balaban J connectivity index is 0.000000399. The van der Waals surface area contributed by atoms with Gasteiger partial charge in [0.15, 0.2) is 0 Å². The van der Waals surface area contributed by atoms with Crippen molar-refractivity contribution in [3.05, 3.63) is 11.8 Å². The Morgan fingerprint density at radius 1 is 1.26 bits per heavy atom. The molecule has 1 fully saturated rings. The fourth-order valence-corrected chi connectivity index (χ4v) is 1.88. The maximum absolute atomic E-state index is 5.72. The topological polar surface area (TPSA) is 81.1 Å². The van der Waals surface area contributed by atoms with Gasteiger partial charge in [-0.05, 0) is 31.7 Å². The van der Waals surface area contributed by atoms with Crippen LogP contribution < -0.4 is 16.4 Å². The lowest BCUT2D eigenvalue weighted by molar-refractivity contribution is 0.810. The van der Waals surface area contributed by atoms with Gasteiger partial charge in [0.2, 0.25) is 5.95 Å². The van der Waals surface area contributed by atoms with Crippen molar-refractivity contribution in [2.24, 2.45) is 5.73 Å². The first-order valence-corrected chi connectivity index (χ1v) is 7.18. The van der Waals surface area contributed by atoms with E-state index in [1.165, 1.54) is 12.8 Å². The molecule has 1 aliphatic heterocycles. The number of aromatic nitrogens is 2. The van der Waals surface area contributed by atoms with Gasteiger partial charge in [-0.25, -0.2) is 4.98 Å². The molecule has 108 valence electrons. The molecule has 0 radical (unpaired) electrons. The highest BCUT2D eigenvalue weighted by molar-refractivity contribution is 5.44. The predicted molar refractivity (Wildman–Crippen MR) is 81.3 cm³/mol. The molecule has 0 amide bonds. The molecular formula is C14H27N5. The summed E-state index contributed by atoms with van der Waals surface area (Å²) >= 11 is 0. The van der Waals surface area contributed by atoms with Crippen LogP contribution in [-0.2, 0) is 0 Å². The van der Waals surface area contributed by atoms with Gasteiger partial charge in [-0.15, -0.1) is 0 Å². The zero-order chi connectivity index (χ0) is 14.3. The minimum Gasteiger partial charge on any atom is -0.368 e. The zero-order valence-electron chi connectivity index (χ0n) is 12.4. The molecule has 0 aromatic carbocycles. The van der Waals surface area contributed by atoms with Crippen LogP contribution in [0, 0.1) is 0 Å². The summed E-state index contributed by atoms with van der Waals surface area (Å²) in [5.41, 5.74) is 11.8. The van der Waals surface area contributed by atoms with E-state index in [-0.39, 0.29) is 0 Å². The first kappa shape index (κ1) is 15.7. The molecule has 0 unspecified atom stereocenters. The Bertz CT molecular complexity index is 370. The smallest absolute Gasteiger partial charge is 0.222 e. The van der Waals surface area contributed by atoms with Gasteiger partial charge in [-0.1, -0.05) is 20.8 Å². The number of anilines is 2. The number of rotatable bonds is 3. The number of hydrogen-bond acceptors (Lipinski definition) is 5. The number of nitrogens with zero attached hydrogens (tertiary/aromatic N) is 3. The number of nitrogens with two attached hydrogens (primary N) is 2. The van der Waals surface area contributed by atoms with Gasteiger partial charge in [-0.2, -0.15) is 4.98 Å². The van der Waals surface area contributed by atoms with Crippen LogP contribution in [0.15, 0.2) is 6.07 Å². The van der Waals surface area contributed by atoms with E-state index in [1.807, 2.05) is 0 Å². The Labute approximate surface area is 116 Å². The van der Waals surface area contributed by atoms with Gasteiger partial charge in [-0.3, -0.25) is 0 Å². The first-order valence-electron chi connectivity index (χ1n) is 7.18. The fourth-order valence-electron chi connectivity index (χ4n) is 1.88. The lowest BCUT2D eigenvalue weighted by Gasteiger charge is -2.17. The Hall–Kier alpha value is -1.36. The molecule has 0 spiro atoms. The molecule has 2 heterocycles. The van der Waals surface area contributed by atoms with E-state index in [2.05, 4.69) is 41.7 Å². The van der Waals surface area contributed by atoms with E-state index < -0.39 is 0 Å². The molecule has 0 aliphatic carbocycles. The van der Waals surface area contributed by atoms with Crippen LogP contribution >= 0.6 is 0 Å². The standard InChI is InChI=1S/C11H18N4.C3H9N/c1-8(2)9-7-10(14-11(12)13-9)15-5-3-4-6-15;1-2-3-4/h7-8H,3-6H2,1-2H3,(H2,12,13,14);2-4H2,1H3. The third kappa shape index (κ3) is 5.03. The average Bonchev–Trinajstić information content (AvgIpc) is 2.92. The van der Waals surface area contributed by atoms with Gasteiger partial charge in [0.05, 0.1) is 5.69 Å². The van der Waals surface area contributed by atoms with Crippen LogP contribution in [0.3, 0.4) is 0 Å². The first-order chi connectivity index (χ1) is 9.08.